The molecule has 0 aliphatic carbocycles. The summed E-state index contributed by atoms with van der Waals surface area (Å²) in [6, 6.07) is 0.0509. The predicted molar refractivity (Wildman–Crippen MR) is 30.5 cm³/mol. The molecule has 0 bridgehead atoms. The molecule has 0 saturated heterocycles. The highest BCUT2D eigenvalue weighted by molar-refractivity contribution is 5.79. The fourth-order valence-corrected chi connectivity index (χ4v) is 0.612. The van der Waals surface area contributed by atoms with Crippen molar-refractivity contribution in [3.05, 3.63) is 0 Å². The molecular formula is C4H9N3O. The van der Waals surface area contributed by atoms with Gasteiger partial charge in [0.25, 0.3) is 0 Å². The van der Waals surface area contributed by atoms with Crippen LogP contribution >= 0.6 is 0 Å². The average molecular weight is 115 g/mol. The predicted octanol–water partition coefficient (Wildman–Crippen LogP) is -1.73. The summed E-state index contributed by atoms with van der Waals surface area (Å²) in [5.74, 6) is 0.434. The molecule has 1 rings (SSSR count). The minimum Gasteiger partial charge on any atom is -0.394 e. The molecule has 0 fully saturated rings. The summed E-state index contributed by atoms with van der Waals surface area (Å²) in [6.45, 7) is 0.701. The van der Waals surface area contributed by atoms with Crippen molar-refractivity contribution in [1.82, 2.24) is 5.32 Å². The van der Waals surface area contributed by atoms with Crippen LogP contribution in [0.25, 0.3) is 0 Å². The monoisotopic (exact) mass is 115 g/mol. The number of nitrogens with two attached hydrogens (primary N) is 1. The molecule has 1 aliphatic rings. The number of aliphatic hydroxyl groups excluding tert-OH is 1. The third-order valence-corrected chi connectivity index (χ3v) is 1.05. The molecule has 8 heavy (non-hydrogen) atoms. The maximum absolute atomic E-state index is 8.49. The van der Waals surface area contributed by atoms with E-state index in [9.17, 15) is 0 Å². The van der Waals surface area contributed by atoms with E-state index in [4.69, 9.17) is 10.8 Å². The van der Waals surface area contributed by atoms with Crippen LogP contribution in [0.3, 0.4) is 0 Å². The zero-order chi connectivity index (χ0) is 5.98. The summed E-state index contributed by atoms with van der Waals surface area (Å²) >= 11 is 0. The van der Waals surface area contributed by atoms with Gasteiger partial charge in [-0.05, 0) is 0 Å². The average Bonchev–Trinajstić information content (AvgIpc) is 2.14. The van der Waals surface area contributed by atoms with Gasteiger partial charge in [0.05, 0.1) is 19.2 Å². The van der Waals surface area contributed by atoms with E-state index in [0.717, 1.165) is 0 Å². The molecule has 4 N–H and O–H groups in total. The standard InChI is InChI=1S/C4H9N3O/c5-4-6-1-3(2-8)7-4/h3,8H,1-2H2,(H3,5,6,7). The van der Waals surface area contributed by atoms with Crippen molar-refractivity contribution in [2.24, 2.45) is 10.7 Å². The van der Waals surface area contributed by atoms with Crippen molar-refractivity contribution >= 4 is 5.96 Å². The van der Waals surface area contributed by atoms with Crippen molar-refractivity contribution in [1.29, 1.82) is 0 Å². The largest absolute Gasteiger partial charge is 0.394 e. The summed E-state index contributed by atoms with van der Waals surface area (Å²) in [5.41, 5.74) is 5.23. The second kappa shape index (κ2) is 2.00. The molecule has 1 unspecified atom stereocenters. The minimum absolute atomic E-state index is 0.0509. The van der Waals surface area contributed by atoms with Gasteiger partial charge in [-0.3, -0.25) is 4.99 Å². The summed E-state index contributed by atoms with van der Waals surface area (Å²) in [5, 5.41) is 11.3. The molecule has 0 amide bonds. The van der Waals surface area contributed by atoms with Gasteiger partial charge < -0.3 is 16.2 Å². The lowest BCUT2D eigenvalue weighted by Crippen LogP contribution is -2.37. The topological polar surface area (TPSA) is 70.6 Å². The molecule has 0 radical (unpaired) electrons. The maximum Gasteiger partial charge on any atom is 0.189 e. The Bertz CT molecular complexity index is 112. The van der Waals surface area contributed by atoms with Crippen molar-refractivity contribution in [2.45, 2.75) is 6.04 Å². The first kappa shape index (κ1) is 5.37. The number of aliphatic hydroxyl groups is 1. The number of nitrogens with one attached hydrogen (secondary N) is 1. The van der Waals surface area contributed by atoms with Crippen LogP contribution in [0, 0.1) is 0 Å². The van der Waals surface area contributed by atoms with Crippen molar-refractivity contribution < 1.29 is 5.11 Å². The van der Waals surface area contributed by atoms with Gasteiger partial charge in [0.1, 0.15) is 0 Å². The number of hydrogen-bond donors (Lipinski definition) is 3. The van der Waals surface area contributed by atoms with Crippen molar-refractivity contribution in [3.63, 3.8) is 0 Å². The van der Waals surface area contributed by atoms with Gasteiger partial charge >= 0.3 is 0 Å². The summed E-state index contributed by atoms with van der Waals surface area (Å²) in [4.78, 5) is 3.81. The van der Waals surface area contributed by atoms with Crippen LogP contribution in [0.5, 0.6) is 0 Å². The number of aliphatic imine (C=N–C) groups is 1. The minimum atomic E-state index is 0.0509. The van der Waals surface area contributed by atoms with E-state index in [2.05, 4.69) is 10.3 Å². The Labute approximate surface area is 47.4 Å². The van der Waals surface area contributed by atoms with Crippen LogP contribution in [0.15, 0.2) is 4.99 Å². The van der Waals surface area contributed by atoms with Gasteiger partial charge in [0.2, 0.25) is 0 Å². The molecule has 0 aromatic rings. The number of guanidine groups is 1. The lowest BCUT2D eigenvalue weighted by Gasteiger charge is -2.03. The van der Waals surface area contributed by atoms with Gasteiger partial charge in [0, 0.05) is 0 Å². The third-order valence-electron chi connectivity index (χ3n) is 1.05. The van der Waals surface area contributed by atoms with Crippen LogP contribution in [0.4, 0.5) is 0 Å². The smallest absolute Gasteiger partial charge is 0.189 e. The van der Waals surface area contributed by atoms with Crippen LogP contribution < -0.4 is 11.1 Å². The highest BCUT2D eigenvalue weighted by Crippen LogP contribution is 1.89. The Morgan fingerprint density at radius 3 is 3.00 bits per heavy atom. The molecular weight excluding hydrogens is 106 g/mol. The molecule has 0 aromatic carbocycles. The first-order valence-corrected chi connectivity index (χ1v) is 2.50. The van der Waals surface area contributed by atoms with E-state index in [0.29, 0.717) is 12.5 Å². The van der Waals surface area contributed by atoms with Crippen molar-refractivity contribution in [2.75, 3.05) is 13.2 Å². The molecule has 4 nitrogen and oxygen atoms in total. The highest BCUT2D eigenvalue weighted by atomic mass is 16.3. The zero-order valence-corrected chi connectivity index (χ0v) is 4.46. The van der Waals surface area contributed by atoms with E-state index in [1.54, 1.807) is 0 Å². The number of nitrogens with zero attached hydrogens (tertiary/aromatic N) is 1. The highest BCUT2D eigenvalue weighted by Gasteiger charge is 2.12. The first-order valence-electron chi connectivity index (χ1n) is 2.50. The lowest BCUT2D eigenvalue weighted by atomic mass is 10.3. The van der Waals surface area contributed by atoms with Gasteiger partial charge in [-0.2, -0.15) is 0 Å². The SMILES string of the molecule is NC1=NCC(CO)N1. The fraction of sp³-hybridized carbons (Fsp3) is 0.750. The third kappa shape index (κ3) is 0.894. The van der Waals surface area contributed by atoms with Gasteiger partial charge in [0.15, 0.2) is 5.96 Å². The molecule has 1 atom stereocenters. The number of hydrogen-bond acceptors (Lipinski definition) is 4. The Hall–Kier alpha value is -0.770. The van der Waals surface area contributed by atoms with E-state index < -0.39 is 0 Å². The van der Waals surface area contributed by atoms with Crippen LogP contribution in [0.1, 0.15) is 0 Å². The van der Waals surface area contributed by atoms with Crippen LogP contribution in [-0.2, 0) is 0 Å². The quantitative estimate of drug-likeness (QED) is 0.380. The van der Waals surface area contributed by atoms with Crippen molar-refractivity contribution in [3.8, 4) is 0 Å². The summed E-state index contributed by atoms with van der Waals surface area (Å²) in [7, 11) is 0. The van der Waals surface area contributed by atoms with Crippen LogP contribution in [0.2, 0.25) is 0 Å². The van der Waals surface area contributed by atoms with Gasteiger partial charge in [-0.15, -0.1) is 0 Å². The molecule has 0 aromatic heterocycles. The van der Waals surface area contributed by atoms with E-state index in [1.165, 1.54) is 0 Å². The van der Waals surface area contributed by atoms with E-state index >= 15 is 0 Å². The molecule has 46 valence electrons. The summed E-state index contributed by atoms with van der Waals surface area (Å²) < 4.78 is 0. The second-order valence-corrected chi connectivity index (χ2v) is 1.75. The second-order valence-electron chi connectivity index (χ2n) is 1.75. The maximum atomic E-state index is 8.49. The van der Waals surface area contributed by atoms with Gasteiger partial charge in [-0.25, -0.2) is 0 Å². The molecule has 4 heteroatoms. The van der Waals surface area contributed by atoms with Crippen LogP contribution in [-0.4, -0.2) is 30.3 Å². The zero-order valence-electron chi connectivity index (χ0n) is 4.46. The molecule has 1 heterocycles. The number of rotatable bonds is 1. The Morgan fingerprint density at radius 2 is 2.75 bits per heavy atom. The first-order chi connectivity index (χ1) is 3.83. The normalized spacial score (nSPS) is 27.1. The Balaban J connectivity index is 2.32. The Morgan fingerprint density at radius 1 is 2.00 bits per heavy atom. The lowest BCUT2D eigenvalue weighted by molar-refractivity contribution is 0.263. The molecule has 1 aliphatic heterocycles. The molecule has 0 spiro atoms. The Kier molecular flexibility index (Phi) is 1.34. The van der Waals surface area contributed by atoms with Gasteiger partial charge in [-0.1, -0.05) is 0 Å². The van der Waals surface area contributed by atoms with E-state index in [-0.39, 0.29) is 12.6 Å². The molecule has 0 saturated carbocycles. The van der Waals surface area contributed by atoms with E-state index in [1.807, 2.05) is 0 Å². The fourth-order valence-electron chi connectivity index (χ4n) is 0.612. The summed E-state index contributed by atoms with van der Waals surface area (Å²) in [6.07, 6.45) is 0.